The lowest BCUT2D eigenvalue weighted by molar-refractivity contribution is 0.0702. The van der Waals surface area contributed by atoms with E-state index in [-0.39, 0.29) is 18.4 Å². The number of likely N-dealkylation sites (tertiary alicyclic amines) is 1. The molecule has 3 nitrogen and oxygen atoms in total. The van der Waals surface area contributed by atoms with Crippen LogP contribution in [0.4, 0.5) is 13.2 Å². The molecule has 1 unspecified atom stereocenters. The molecule has 0 radical (unpaired) electrons. The minimum Gasteiger partial charge on any atom is -0.337 e. The average molecular weight is 295 g/mol. The van der Waals surface area contributed by atoms with E-state index in [1.807, 2.05) is 0 Å². The van der Waals surface area contributed by atoms with E-state index in [0.29, 0.717) is 13.1 Å². The summed E-state index contributed by atoms with van der Waals surface area (Å²) in [5.41, 5.74) is 5.26. The molecule has 0 aromatic heterocycles. The van der Waals surface area contributed by atoms with Crippen molar-refractivity contribution in [2.45, 2.75) is 18.9 Å². The third kappa shape index (κ3) is 3.19. The number of hydrogen-bond donors (Lipinski definition) is 1. The molecule has 0 bridgehead atoms. The summed E-state index contributed by atoms with van der Waals surface area (Å²) >= 11 is 0. The van der Waals surface area contributed by atoms with Crippen molar-refractivity contribution in [3.63, 3.8) is 0 Å². The van der Waals surface area contributed by atoms with Gasteiger partial charge >= 0.3 is 0 Å². The van der Waals surface area contributed by atoms with Gasteiger partial charge < -0.3 is 10.6 Å². The van der Waals surface area contributed by atoms with Crippen molar-refractivity contribution in [2.24, 2.45) is 5.73 Å². The molecule has 7 heteroatoms. The van der Waals surface area contributed by atoms with Crippen LogP contribution in [0.1, 0.15) is 23.2 Å². The van der Waals surface area contributed by atoms with Gasteiger partial charge in [-0.3, -0.25) is 4.79 Å². The highest BCUT2D eigenvalue weighted by Gasteiger charge is 2.26. The molecule has 1 fully saturated rings. The minimum absolute atomic E-state index is 0. The van der Waals surface area contributed by atoms with Crippen LogP contribution in [0.15, 0.2) is 12.1 Å². The van der Waals surface area contributed by atoms with Crippen LogP contribution in [-0.4, -0.2) is 29.9 Å². The van der Waals surface area contributed by atoms with Crippen LogP contribution >= 0.6 is 12.4 Å². The second kappa shape index (κ2) is 6.25. The van der Waals surface area contributed by atoms with Gasteiger partial charge in [-0.15, -0.1) is 12.4 Å². The first kappa shape index (κ1) is 15.8. The van der Waals surface area contributed by atoms with E-state index in [4.69, 9.17) is 5.73 Å². The number of hydrogen-bond acceptors (Lipinski definition) is 2. The molecule has 0 spiro atoms. The van der Waals surface area contributed by atoms with Gasteiger partial charge in [-0.05, 0) is 25.0 Å². The van der Waals surface area contributed by atoms with Gasteiger partial charge in [0.2, 0.25) is 0 Å². The Morgan fingerprint density at radius 2 is 1.95 bits per heavy atom. The van der Waals surface area contributed by atoms with Crippen LogP contribution in [0.5, 0.6) is 0 Å². The third-order valence-electron chi connectivity index (χ3n) is 3.01. The zero-order valence-corrected chi connectivity index (χ0v) is 10.9. The van der Waals surface area contributed by atoms with Gasteiger partial charge in [0, 0.05) is 19.1 Å². The molecule has 1 aromatic rings. The lowest BCUT2D eigenvalue weighted by atomic mass is 10.0. The number of nitrogens with zero attached hydrogens (tertiary/aromatic N) is 1. The van der Waals surface area contributed by atoms with Crippen LogP contribution in [-0.2, 0) is 0 Å². The van der Waals surface area contributed by atoms with Crippen LogP contribution in [0.25, 0.3) is 0 Å². The number of piperidine rings is 1. The number of amides is 1. The second-order valence-electron chi connectivity index (χ2n) is 4.38. The fourth-order valence-electron chi connectivity index (χ4n) is 2.06. The largest absolute Gasteiger partial charge is 0.337 e. The highest BCUT2D eigenvalue weighted by molar-refractivity contribution is 5.94. The predicted molar refractivity (Wildman–Crippen MR) is 66.7 cm³/mol. The summed E-state index contributed by atoms with van der Waals surface area (Å²) in [6, 6.07) is 1.54. The quantitative estimate of drug-likeness (QED) is 0.806. The molecule has 2 N–H and O–H groups in total. The Morgan fingerprint density at radius 3 is 2.58 bits per heavy atom. The number of nitrogens with two attached hydrogens (primary N) is 1. The lowest BCUT2D eigenvalue weighted by Crippen LogP contribution is -2.46. The summed E-state index contributed by atoms with van der Waals surface area (Å²) < 4.78 is 39.3. The van der Waals surface area contributed by atoms with Gasteiger partial charge in [-0.2, -0.15) is 0 Å². The van der Waals surface area contributed by atoms with E-state index in [2.05, 4.69) is 0 Å². The first-order chi connectivity index (χ1) is 8.50. The monoisotopic (exact) mass is 294 g/mol. The number of halogens is 4. The average Bonchev–Trinajstić information content (AvgIpc) is 2.35. The van der Waals surface area contributed by atoms with E-state index < -0.39 is 28.9 Å². The summed E-state index contributed by atoms with van der Waals surface area (Å²) in [6.07, 6.45) is 1.52. The smallest absolute Gasteiger partial charge is 0.256 e. The molecule has 1 heterocycles. The standard InChI is InChI=1S/C12H13F3N2O.ClH/c13-9-4-3-8(10(14)11(9)15)12(18)17-5-1-2-7(16)6-17;/h3-4,7H,1-2,5-6,16H2;1H. The molecule has 106 valence electrons. The van der Waals surface area contributed by atoms with Crippen molar-refractivity contribution in [1.29, 1.82) is 0 Å². The Labute approximate surface area is 115 Å². The van der Waals surface area contributed by atoms with Gasteiger partial charge in [0.15, 0.2) is 17.5 Å². The highest BCUT2D eigenvalue weighted by atomic mass is 35.5. The van der Waals surface area contributed by atoms with Gasteiger partial charge in [0.25, 0.3) is 5.91 Å². The highest BCUT2D eigenvalue weighted by Crippen LogP contribution is 2.19. The molecular weight excluding hydrogens is 281 g/mol. The third-order valence-corrected chi connectivity index (χ3v) is 3.01. The first-order valence-corrected chi connectivity index (χ1v) is 5.69. The van der Waals surface area contributed by atoms with Crippen molar-refractivity contribution < 1.29 is 18.0 Å². The molecule has 1 atom stereocenters. The maximum absolute atomic E-state index is 13.5. The Hall–Kier alpha value is -1.27. The summed E-state index contributed by atoms with van der Waals surface area (Å²) in [5, 5.41) is 0. The molecule has 1 amide bonds. The molecule has 0 aliphatic carbocycles. The lowest BCUT2D eigenvalue weighted by Gasteiger charge is -2.30. The van der Waals surface area contributed by atoms with Crippen molar-refractivity contribution in [2.75, 3.05) is 13.1 Å². The summed E-state index contributed by atoms with van der Waals surface area (Å²) in [7, 11) is 0. The van der Waals surface area contributed by atoms with Crippen LogP contribution in [0.2, 0.25) is 0 Å². The van der Waals surface area contributed by atoms with E-state index >= 15 is 0 Å². The van der Waals surface area contributed by atoms with Gasteiger partial charge in [0.05, 0.1) is 5.56 Å². The van der Waals surface area contributed by atoms with E-state index in [9.17, 15) is 18.0 Å². The Kier molecular flexibility index (Phi) is 5.20. The van der Waals surface area contributed by atoms with Gasteiger partial charge in [-0.1, -0.05) is 0 Å². The summed E-state index contributed by atoms with van der Waals surface area (Å²) in [4.78, 5) is 13.3. The topological polar surface area (TPSA) is 46.3 Å². The summed E-state index contributed by atoms with van der Waals surface area (Å²) in [5.74, 6) is -5.03. The van der Waals surface area contributed by atoms with Crippen molar-refractivity contribution >= 4 is 18.3 Å². The van der Waals surface area contributed by atoms with E-state index in [0.717, 1.165) is 25.0 Å². The SMILES string of the molecule is Cl.NC1CCCN(C(=O)c2ccc(F)c(F)c2F)C1. The van der Waals surface area contributed by atoms with Gasteiger partial charge in [0.1, 0.15) is 0 Å². The van der Waals surface area contributed by atoms with Crippen molar-refractivity contribution in [3.8, 4) is 0 Å². The fourth-order valence-corrected chi connectivity index (χ4v) is 2.06. The molecule has 2 rings (SSSR count). The van der Waals surface area contributed by atoms with Crippen molar-refractivity contribution in [1.82, 2.24) is 4.90 Å². The van der Waals surface area contributed by atoms with Crippen LogP contribution < -0.4 is 5.73 Å². The Morgan fingerprint density at radius 1 is 1.26 bits per heavy atom. The summed E-state index contributed by atoms with van der Waals surface area (Å²) in [6.45, 7) is 0.752. The number of rotatable bonds is 1. The molecular formula is C12H14ClF3N2O. The maximum Gasteiger partial charge on any atom is 0.256 e. The fraction of sp³-hybridized carbons (Fsp3) is 0.417. The minimum atomic E-state index is -1.62. The molecule has 0 saturated carbocycles. The molecule has 1 saturated heterocycles. The number of benzene rings is 1. The van der Waals surface area contributed by atoms with E-state index in [1.54, 1.807) is 0 Å². The molecule has 1 aromatic carbocycles. The molecule has 1 aliphatic heterocycles. The Balaban J connectivity index is 0.00000180. The van der Waals surface area contributed by atoms with E-state index in [1.165, 1.54) is 4.90 Å². The molecule has 1 aliphatic rings. The maximum atomic E-state index is 13.5. The molecule has 19 heavy (non-hydrogen) atoms. The number of carbonyl (C=O) groups is 1. The second-order valence-corrected chi connectivity index (χ2v) is 4.38. The first-order valence-electron chi connectivity index (χ1n) is 5.69. The number of carbonyl (C=O) groups excluding carboxylic acids is 1. The predicted octanol–water partition coefficient (Wildman–Crippen LogP) is 2.09. The Bertz CT molecular complexity index is 484. The normalized spacial score (nSPS) is 18.9. The zero-order valence-electron chi connectivity index (χ0n) is 10.0. The zero-order chi connectivity index (χ0) is 13.3. The van der Waals surface area contributed by atoms with Crippen LogP contribution in [0, 0.1) is 17.5 Å². The van der Waals surface area contributed by atoms with Gasteiger partial charge in [-0.25, -0.2) is 13.2 Å². The van der Waals surface area contributed by atoms with Crippen LogP contribution in [0.3, 0.4) is 0 Å². The van der Waals surface area contributed by atoms with Crippen molar-refractivity contribution in [3.05, 3.63) is 35.1 Å².